The van der Waals surface area contributed by atoms with E-state index in [1.54, 1.807) is 35.0 Å². The van der Waals surface area contributed by atoms with Crippen molar-refractivity contribution in [3.8, 4) is 5.69 Å². The normalized spacial score (nSPS) is 11.1. The molecule has 2 aromatic heterocycles. The highest BCUT2D eigenvalue weighted by molar-refractivity contribution is 6.30. The number of nitrogens with one attached hydrogen (secondary N) is 1. The summed E-state index contributed by atoms with van der Waals surface area (Å²) in [6.45, 7) is 5.67. The summed E-state index contributed by atoms with van der Waals surface area (Å²) in [5.74, 6) is -0.307. The maximum Gasteiger partial charge on any atom is 0.252 e. The second kappa shape index (κ2) is 7.80. The van der Waals surface area contributed by atoms with Gasteiger partial charge in [0.15, 0.2) is 0 Å². The molecule has 0 fully saturated rings. The van der Waals surface area contributed by atoms with E-state index in [0.717, 1.165) is 27.9 Å². The zero-order valence-electron chi connectivity index (χ0n) is 16.9. The van der Waals surface area contributed by atoms with Crippen molar-refractivity contribution in [3.63, 3.8) is 0 Å². The van der Waals surface area contributed by atoms with Gasteiger partial charge in [-0.3, -0.25) is 14.2 Å². The van der Waals surface area contributed by atoms with Crippen molar-refractivity contribution in [3.05, 3.63) is 86.8 Å². The van der Waals surface area contributed by atoms with Crippen molar-refractivity contribution in [2.75, 3.05) is 5.32 Å². The fourth-order valence-electron chi connectivity index (χ4n) is 3.56. The van der Waals surface area contributed by atoms with Gasteiger partial charge in [-0.05, 0) is 62.7 Å². The molecule has 152 valence electrons. The van der Waals surface area contributed by atoms with Crippen LogP contribution in [0.1, 0.15) is 16.8 Å². The topological polar surface area (TPSA) is 68.9 Å². The highest BCUT2D eigenvalue weighted by Gasteiger charge is 2.18. The lowest BCUT2D eigenvalue weighted by atomic mass is 10.1. The van der Waals surface area contributed by atoms with Gasteiger partial charge in [0, 0.05) is 22.2 Å². The Labute approximate surface area is 178 Å². The number of nitrogens with zero attached hydrogens (tertiary/aromatic N) is 3. The largest absolute Gasteiger partial charge is 0.325 e. The summed E-state index contributed by atoms with van der Waals surface area (Å²) in [7, 11) is 0. The number of hydrogen-bond donors (Lipinski definition) is 1. The van der Waals surface area contributed by atoms with Crippen molar-refractivity contribution in [1.82, 2.24) is 14.3 Å². The molecule has 0 aliphatic rings. The van der Waals surface area contributed by atoms with E-state index in [-0.39, 0.29) is 18.0 Å². The van der Waals surface area contributed by atoms with Crippen molar-refractivity contribution in [1.29, 1.82) is 0 Å². The molecule has 0 spiro atoms. The van der Waals surface area contributed by atoms with E-state index in [1.807, 2.05) is 45.0 Å². The van der Waals surface area contributed by atoms with Crippen LogP contribution in [-0.2, 0) is 11.3 Å². The molecule has 0 saturated carbocycles. The van der Waals surface area contributed by atoms with Crippen LogP contribution in [0, 0.1) is 20.8 Å². The lowest BCUT2D eigenvalue weighted by Crippen LogP contribution is -2.29. The van der Waals surface area contributed by atoms with E-state index in [2.05, 4.69) is 10.4 Å². The Morgan fingerprint density at radius 3 is 2.37 bits per heavy atom. The maximum atomic E-state index is 12.9. The van der Waals surface area contributed by atoms with Crippen LogP contribution in [0.15, 0.2) is 59.4 Å². The summed E-state index contributed by atoms with van der Waals surface area (Å²) in [5, 5.41) is 8.93. The number of hydrogen-bond acceptors (Lipinski definition) is 3. The zero-order valence-corrected chi connectivity index (χ0v) is 17.7. The summed E-state index contributed by atoms with van der Waals surface area (Å²) >= 11 is 5.90. The van der Waals surface area contributed by atoms with E-state index >= 15 is 0 Å². The van der Waals surface area contributed by atoms with Gasteiger partial charge in [-0.25, -0.2) is 4.68 Å². The molecule has 0 aliphatic heterocycles. The third kappa shape index (κ3) is 3.74. The first-order valence-corrected chi connectivity index (χ1v) is 9.93. The number of halogens is 1. The molecule has 0 saturated heterocycles. The monoisotopic (exact) mass is 420 g/mol. The number of rotatable bonds is 4. The summed E-state index contributed by atoms with van der Waals surface area (Å²) in [6, 6.07) is 16.3. The molecule has 2 heterocycles. The lowest BCUT2D eigenvalue weighted by molar-refractivity contribution is -0.116. The number of aromatic nitrogens is 3. The second-order valence-corrected chi connectivity index (χ2v) is 7.77. The molecule has 0 radical (unpaired) electrons. The van der Waals surface area contributed by atoms with Gasteiger partial charge < -0.3 is 5.32 Å². The number of carbonyl (C=O) groups excluding carboxylic acids is 1. The van der Waals surface area contributed by atoms with Gasteiger partial charge in [-0.2, -0.15) is 5.10 Å². The first kappa shape index (κ1) is 19.9. The number of pyridine rings is 1. The number of fused-ring (bicyclic) bond motifs is 1. The third-order valence-corrected chi connectivity index (χ3v) is 5.25. The van der Waals surface area contributed by atoms with Crippen LogP contribution in [0.2, 0.25) is 5.02 Å². The number of anilines is 1. The molecule has 1 N–H and O–H groups in total. The lowest BCUT2D eigenvalue weighted by Gasteiger charge is -2.13. The third-order valence-electron chi connectivity index (χ3n) is 5.00. The number of aryl methyl sites for hydroxylation is 3. The molecule has 6 nitrogen and oxygen atoms in total. The van der Waals surface area contributed by atoms with Gasteiger partial charge in [0.05, 0.1) is 11.4 Å². The number of benzene rings is 2. The number of amides is 1. The van der Waals surface area contributed by atoms with E-state index < -0.39 is 0 Å². The van der Waals surface area contributed by atoms with Crippen LogP contribution in [0.4, 0.5) is 5.69 Å². The molecule has 2 aromatic carbocycles. The quantitative estimate of drug-likeness (QED) is 0.531. The molecule has 4 aromatic rings. The SMILES string of the molecule is Cc1ccc(-n2nc(C)c3c(C)cc(=O)n(CC(=O)Nc4ccc(Cl)cc4)c32)cc1. The molecule has 0 unspecified atom stereocenters. The van der Waals surface area contributed by atoms with Crippen LogP contribution in [0.25, 0.3) is 16.7 Å². The van der Waals surface area contributed by atoms with Gasteiger partial charge in [0.2, 0.25) is 5.91 Å². The highest BCUT2D eigenvalue weighted by atomic mass is 35.5. The summed E-state index contributed by atoms with van der Waals surface area (Å²) in [6.07, 6.45) is 0. The van der Waals surface area contributed by atoms with Gasteiger partial charge in [-0.15, -0.1) is 0 Å². The van der Waals surface area contributed by atoms with Crippen LogP contribution >= 0.6 is 11.6 Å². The van der Waals surface area contributed by atoms with E-state index in [0.29, 0.717) is 16.4 Å². The molecular weight excluding hydrogens is 400 g/mol. The van der Waals surface area contributed by atoms with Crippen LogP contribution in [0.3, 0.4) is 0 Å². The molecule has 1 amide bonds. The van der Waals surface area contributed by atoms with Gasteiger partial charge in [0.25, 0.3) is 5.56 Å². The smallest absolute Gasteiger partial charge is 0.252 e. The first-order valence-electron chi connectivity index (χ1n) is 9.56. The Balaban J connectivity index is 1.80. The van der Waals surface area contributed by atoms with E-state index in [9.17, 15) is 9.59 Å². The second-order valence-electron chi connectivity index (χ2n) is 7.34. The Hall–Kier alpha value is -3.38. The predicted octanol–water partition coefficient (Wildman–Crippen LogP) is 4.40. The molecular formula is C23H21ClN4O2. The van der Waals surface area contributed by atoms with Crippen LogP contribution in [-0.4, -0.2) is 20.3 Å². The Morgan fingerprint density at radius 1 is 1.03 bits per heavy atom. The molecule has 0 atom stereocenters. The van der Waals surface area contributed by atoms with Gasteiger partial charge in [-0.1, -0.05) is 29.3 Å². The summed E-state index contributed by atoms with van der Waals surface area (Å²) in [4.78, 5) is 25.6. The molecule has 30 heavy (non-hydrogen) atoms. The minimum Gasteiger partial charge on any atom is -0.325 e. The Morgan fingerprint density at radius 2 is 1.70 bits per heavy atom. The first-order chi connectivity index (χ1) is 14.3. The minimum atomic E-state index is -0.307. The molecule has 0 aliphatic carbocycles. The average molecular weight is 421 g/mol. The predicted molar refractivity (Wildman–Crippen MR) is 120 cm³/mol. The molecule has 7 heteroatoms. The molecule has 4 rings (SSSR count). The standard InChI is InChI=1S/C23H21ClN4O2/c1-14-4-10-19(11-5-14)28-23-22(16(3)26-28)15(2)12-21(30)27(23)13-20(29)25-18-8-6-17(24)7-9-18/h4-12H,13H2,1-3H3,(H,25,29). The average Bonchev–Trinajstić information content (AvgIpc) is 3.05. The molecule has 0 bridgehead atoms. The Bertz CT molecular complexity index is 1300. The fourth-order valence-corrected chi connectivity index (χ4v) is 3.69. The van der Waals surface area contributed by atoms with Crippen molar-refractivity contribution in [2.45, 2.75) is 27.3 Å². The van der Waals surface area contributed by atoms with Crippen LogP contribution in [0.5, 0.6) is 0 Å². The highest BCUT2D eigenvalue weighted by Crippen LogP contribution is 2.24. The summed E-state index contributed by atoms with van der Waals surface area (Å²) < 4.78 is 3.20. The van der Waals surface area contributed by atoms with Crippen molar-refractivity contribution >= 4 is 34.2 Å². The number of carbonyl (C=O) groups is 1. The minimum absolute atomic E-state index is 0.130. The van der Waals surface area contributed by atoms with Crippen LogP contribution < -0.4 is 10.9 Å². The Kier molecular flexibility index (Phi) is 5.18. The zero-order chi connectivity index (χ0) is 21.4. The van der Waals surface area contributed by atoms with E-state index in [1.165, 1.54) is 4.57 Å². The van der Waals surface area contributed by atoms with Gasteiger partial charge in [0.1, 0.15) is 12.2 Å². The van der Waals surface area contributed by atoms with Crippen molar-refractivity contribution < 1.29 is 4.79 Å². The maximum absolute atomic E-state index is 12.9. The fraction of sp³-hybridized carbons (Fsp3) is 0.174. The van der Waals surface area contributed by atoms with E-state index in [4.69, 9.17) is 11.6 Å². The van der Waals surface area contributed by atoms with Crippen molar-refractivity contribution in [2.24, 2.45) is 0 Å². The summed E-state index contributed by atoms with van der Waals surface area (Å²) in [5.41, 5.74) is 4.56. The van der Waals surface area contributed by atoms with Gasteiger partial charge >= 0.3 is 0 Å².